The SMILES string of the molecule is Cc1ccc(C(=O)OCC(O)=C(C#N)c2nc3ccccc3s2)s1. The zero-order valence-corrected chi connectivity index (χ0v) is 14.3. The Hall–Kier alpha value is -2.69. The average Bonchev–Trinajstić information content (AvgIpc) is 3.19. The Morgan fingerprint density at radius 3 is 2.75 bits per heavy atom. The van der Waals surface area contributed by atoms with Gasteiger partial charge in [-0.15, -0.1) is 22.7 Å². The molecule has 3 aromatic rings. The van der Waals surface area contributed by atoms with E-state index in [9.17, 15) is 15.2 Å². The zero-order chi connectivity index (χ0) is 17.1. The summed E-state index contributed by atoms with van der Waals surface area (Å²) in [6.45, 7) is 1.52. The van der Waals surface area contributed by atoms with Gasteiger partial charge in [0.25, 0.3) is 0 Å². The highest BCUT2D eigenvalue weighted by Crippen LogP contribution is 2.28. The number of thiophene rings is 1. The van der Waals surface area contributed by atoms with E-state index in [-0.39, 0.29) is 17.9 Å². The molecule has 0 saturated carbocycles. The first-order chi connectivity index (χ1) is 11.6. The molecule has 0 radical (unpaired) electrons. The van der Waals surface area contributed by atoms with E-state index in [1.165, 1.54) is 22.7 Å². The Balaban J connectivity index is 1.80. The van der Waals surface area contributed by atoms with Crippen molar-refractivity contribution < 1.29 is 14.6 Å². The van der Waals surface area contributed by atoms with Crippen molar-refractivity contribution in [1.82, 2.24) is 4.98 Å². The molecule has 0 unspecified atom stereocenters. The highest BCUT2D eigenvalue weighted by Gasteiger charge is 2.16. The summed E-state index contributed by atoms with van der Waals surface area (Å²) in [6, 6.07) is 12.9. The molecule has 0 spiro atoms. The van der Waals surface area contributed by atoms with Crippen molar-refractivity contribution in [3.63, 3.8) is 0 Å². The van der Waals surface area contributed by atoms with Crippen LogP contribution in [-0.2, 0) is 4.74 Å². The largest absolute Gasteiger partial charge is 0.507 e. The van der Waals surface area contributed by atoms with Gasteiger partial charge in [-0.2, -0.15) is 5.26 Å². The van der Waals surface area contributed by atoms with Gasteiger partial charge in [0.15, 0.2) is 5.76 Å². The molecule has 120 valence electrons. The van der Waals surface area contributed by atoms with E-state index in [1.807, 2.05) is 43.3 Å². The van der Waals surface area contributed by atoms with Crippen molar-refractivity contribution in [2.75, 3.05) is 6.61 Å². The van der Waals surface area contributed by atoms with E-state index in [0.29, 0.717) is 9.88 Å². The zero-order valence-electron chi connectivity index (χ0n) is 12.6. The Morgan fingerprint density at radius 1 is 1.29 bits per heavy atom. The number of aliphatic hydroxyl groups excluding tert-OH is 1. The maximum Gasteiger partial charge on any atom is 0.348 e. The number of carbonyl (C=O) groups is 1. The van der Waals surface area contributed by atoms with Crippen LogP contribution in [0, 0.1) is 18.3 Å². The lowest BCUT2D eigenvalue weighted by atomic mass is 10.2. The van der Waals surface area contributed by atoms with Gasteiger partial charge in [0.1, 0.15) is 28.1 Å². The predicted octanol–water partition coefficient (Wildman–Crippen LogP) is 4.32. The normalized spacial score (nSPS) is 11.8. The van der Waals surface area contributed by atoms with Crippen LogP contribution in [0.4, 0.5) is 0 Å². The summed E-state index contributed by atoms with van der Waals surface area (Å²) >= 11 is 2.62. The number of fused-ring (bicyclic) bond motifs is 1. The molecule has 24 heavy (non-hydrogen) atoms. The molecule has 2 heterocycles. The van der Waals surface area contributed by atoms with Crippen LogP contribution < -0.4 is 0 Å². The first-order valence-corrected chi connectivity index (χ1v) is 8.63. The van der Waals surface area contributed by atoms with E-state index in [2.05, 4.69) is 4.98 Å². The molecule has 7 heteroatoms. The molecule has 0 aliphatic heterocycles. The Kier molecular flexibility index (Phi) is 4.60. The summed E-state index contributed by atoms with van der Waals surface area (Å²) in [5, 5.41) is 19.9. The fourth-order valence-electron chi connectivity index (χ4n) is 2.04. The molecular formula is C17H12N2O3S2. The quantitative estimate of drug-likeness (QED) is 0.428. The van der Waals surface area contributed by atoms with Crippen LogP contribution in [0.25, 0.3) is 15.8 Å². The summed E-state index contributed by atoms with van der Waals surface area (Å²) in [5.74, 6) is -0.834. The van der Waals surface area contributed by atoms with Crippen LogP contribution in [0.2, 0.25) is 0 Å². The van der Waals surface area contributed by atoms with Gasteiger partial charge < -0.3 is 9.84 Å². The molecule has 1 aromatic carbocycles. The van der Waals surface area contributed by atoms with Gasteiger partial charge in [0, 0.05) is 4.88 Å². The van der Waals surface area contributed by atoms with Crippen molar-refractivity contribution in [1.29, 1.82) is 5.26 Å². The molecule has 0 bridgehead atoms. The summed E-state index contributed by atoms with van der Waals surface area (Å²) in [5.41, 5.74) is 0.774. The second-order valence-corrected chi connectivity index (χ2v) is 7.23. The third-order valence-corrected chi connectivity index (χ3v) is 5.22. The van der Waals surface area contributed by atoms with E-state index in [1.54, 1.807) is 6.07 Å². The van der Waals surface area contributed by atoms with Crippen LogP contribution in [-0.4, -0.2) is 22.7 Å². The topological polar surface area (TPSA) is 83.2 Å². The molecule has 5 nitrogen and oxygen atoms in total. The van der Waals surface area contributed by atoms with Crippen LogP contribution in [0.15, 0.2) is 42.2 Å². The van der Waals surface area contributed by atoms with Gasteiger partial charge in [0.05, 0.1) is 10.2 Å². The smallest absolute Gasteiger partial charge is 0.348 e. The first kappa shape index (κ1) is 16.2. The number of hydrogen-bond acceptors (Lipinski definition) is 7. The van der Waals surface area contributed by atoms with Gasteiger partial charge in [0.2, 0.25) is 0 Å². The van der Waals surface area contributed by atoms with Crippen molar-refractivity contribution in [2.45, 2.75) is 6.92 Å². The minimum atomic E-state index is -0.527. The molecule has 0 fully saturated rings. The number of ether oxygens (including phenoxy) is 1. The van der Waals surface area contributed by atoms with Crippen LogP contribution in [0.5, 0.6) is 0 Å². The number of aliphatic hydroxyl groups is 1. The van der Waals surface area contributed by atoms with Crippen molar-refractivity contribution >= 4 is 44.4 Å². The van der Waals surface area contributed by atoms with Crippen LogP contribution >= 0.6 is 22.7 Å². The molecule has 0 aliphatic carbocycles. The second-order valence-electron chi connectivity index (χ2n) is 4.91. The average molecular weight is 356 g/mol. The Labute approximate surface area is 146 Å². The number of para-hydroxylation sites is 1. The number of benzene rings is 1. The summed E-state index contributed by atoms with van der Waals surface area (Å²) in [7, 11) is 0. The van der Waals surface area contributed by atoms with E-state index in [0.717, 1.165) is 15.1 Å². The number of thiazole rings is 1. The summed E-state index contributed by atoms with van der Waals surface area (Å²) in [6.07, 6.45) is 0. The predicted molar refractivity (Wildman–Crippen MR) is 94.1 cm³/mol. The lowest BCUT2D eigenvalue weighted by Crippen LogP contribution is -2.07. The number of rotatable bonds is 4. The lowest BCUT2D eigenvalue weighted by molar-refractivity contribution is 0.0508. The number of allylic oxidation sites excluding steroid dienone is 1. The van der Waals surface area contributed by atoms with Gasteiger partial charge >= 0.3 is 5.97 Å². The highest BCUT2D eigenvalue weighted by atomic mass is 32.1. The molecule has 2 aromatic heterocycles. The number of hydrogen-bond donors (Lipinski definition) is 1. The van der Waals surface area contributed by atoms with Crippen molar-refractivity contribution in [3.05, 3.63) is 56.9 Å². The van der Waals surface area contributed by atoms with Gasteiger partial charge in [-0.1, -0.05) is 12.1 Å². The third kappa shape index (κ3) is 3.30. The minimum Gasteiger partial charge on any atom is -0.507 e. The standard InChI is InChI=1S/C17H12N2O3S2/c1-10-6-7-15(23-10)17(21)22-9-13(20)11(8-18)16-19-12-4-2-3-5-14(12)24-16/h2-7,20H,9H2,1H3. The van der Waals surface area contributed by atoms with Crippen LogP contribution in [0.3, 0.4) is 0 Å². The van der Waals surface area contributed by atoms with E-state index in [4.69, 9.17) is 4.74 Å². The first-order valence-electron chi connectivity index (χ1n) is 7.00. The van der Waals surface area contributed by atoms with Crippen molar-refractivity contribution in [2.24, 2.45) is 0 Å². The number of aryl methyl sites for hydroxylation is 1. The molecule has 0 atom stereocenters. The number of carbonyl (C=O) groups excluding carboxylic acids is 1. The molecule has 1 N–H and O–H groups in total. The van der Waals surface area contributed by atoms with Crippen molar-refractivity contribution in [3.8, 4) is 6.07 Å². The molecule has 0 aliphatic rings. The number of esters is 1. The van der Waals surface area contributed by atoms with E-state index >= 15 is 0 Å². The monoisotopic (exact) mass is 356 g/mol. The summed E-state index contributed by atoms with van der Waals surface area (Å²) < 4.78 is 5.99. The summed E-state index contributed by atoms with van der Waals surface area (Å²) in [4.78, 5) is 17.7. The fourth-order valence-corrected chi connectivity index (χ4v) is 3.78. The molecular weight excluding hydrogens is 344 g/mol. The minimum absolute atomic E-state index is 0.0198. The number of aromatic nitrogens is 1. The molecule has 0 amide bonds. The number of nitrogens with zero attached hydrogens (tertiary/aromatic N) is 2. The Bertz CT molecular complexity index is 946. The lowest BCUT2D eigenvalue weighted by Gasteiger charge is -2.04. The van der Waals surface area contributed by atoms with Crippen LogP contribution in [0.1, 0.15) is 19.6 Å². The number of nitriles is 1. The van der Waals surface area contributed by atoms with E-state index < -0.39 is 5.97 Å². The maximum atomic E-state index is 11.9. The second kappa shape index (κ2) is 6.83. The third-order valence-electron chi connectivity index (χ3n) is 3.19. The molecule has 0 saturated heterocycles. The fraction of sp³-hybridized carbons (Fsp3) is 0.118. The molecule has 3 rings (SSSR count). The van der Waals surface area contributed by atoms with Gasteiger partial charge in [-0.3, -0.25) is 0 Å². The maximum absolute atomic E-state index is 11.9. The van der Waals surface area contributed by atoms with Gasteiger partial charge in [-0.25, -0.2) is 9.78 Å². The van der Waals surface area contributed by atoms with Gasteiger partial charge in [-0.05, 0) is 31.2 Å². The Morgan fingerprint density at radius 2 is 2.08 bits per heavy atom. The highest BCUT2D eigenvalue weighted by molar-refractivity contribution is 7.19.